The van der Waals surface area contributed by atoms with Gasteiger partial charge in [0.1, 0.15) is 24.1 Å². The number of ether oxygens (including phenoxy) is 1. The molecular formula is C23H35FN4O7. The van der Waals surface area contributed by atoms with Gasteiger partial charge in [-0.2, -0.15) is 0 Å². The molecule has 1 fully saturated rings. The van der Waals surface area contributed by atoms with Gasteiger partial charge >= 0.3 is 0 Å². The van der Waals surface area contributed by atoms with Crippen molar-refractivity contribution in [1.29, 1.82) is 0 Å². The van der Waals surface area contributed by atoms with Crippen molar-refractivity contribution in [3.63, 3.8) is 0 Å². The summed E-state index contributed by atoms with van der Waals surface area (Å²) in [5.74, 6) is -2.05. The monoisotopic (exact) mass is 498 g/mol. The number of nitrogens with two attached hydrogens (primary N) is 2. The summed E-state index contributed by atoms with van der Waals surface area (Å²) in [6.45, 7) is 0.175. The van der Waals surface area contributed by atoms with Crippen LogP contribution in [0.5, 0.6) is 0 Å². The molecule has 7 N–H and O–H groups in total. The molecule has 0 spiro atoms. The van der Waals surface area contributed by atoms with Crippen LogP contribution in [0, 0.1) is 5.82 Å². The molecule has 0 radical (unpaired) electrons. The van der Waals surface area contributed by atoms with Crippen molar-refractivity contribution in [2.24, 2.45) is 11.5 Å². The molecule has 0 unspecified atom stereocenters. The first kappa shape index (κ1) is 28.6. The zero-order valence-corrected chi connectivity index (χ0v) is 19.6. The van der Waals surface area contributed by atoms with Crippen LogP contribution in [0.25, 0.3) is 0 Å². The SMILES string of the molecule is NC(=O)[C@@H](N)CCC(=O)N1CCCCOC[C@@H](O)[C@H](O)[C@@H](O)CN(C(=O)c2ccc(F)cc2)CC1. The van der Waals surface area contributed by atoms with Gasteiger partial charge in [-0.1, -0.05) is 0 Å². The maximum absolute atomic E-state index is 13.3. The second-order valence-electron chi connectivity index (χ2n) is 8.59. The topological polar surface area (TPSA) is 180 Å². The number of aliphatic hydroxyl groups is 3. The average Bonchev–Trinajstić information content (AvgIpc) is 2.83. The summed E-state index contributed by atoms with van der Waals surface area (Å²) >= 11 is 0. The lowest BCUT2D eigenvalue weighted by Crippen LogP contribution is -2.50. The Labute approximate surface area is 203 Å². The van der Waals surface area contributed by atoms with Crippen LogP contribution in [-0.2, 0) is 14.3 Å². The van der Waals surface area contributed by atoms with Crippen molar-refractivity contribution >= 4 is 17.7 Å². The highest BCUT2D eigenvalue weighted by atomic mass is 19.1. The number of nitrogens with zero attached hydrogens (tertiary/aromatic N) is 2. The van der Waals surface area contributed by atoms with Gasteiger partial charge in [-0.05, 0) is 43.5 Å². The van der Waals surface area contributed by atoms with E-state index in [1.54, 1.807) is 0 Å². The van der Waals surface area contributed by atoms with E-state index in [0.29, 0.717) is 19.4 Å². The first-order chi connectivity index (χ1) is 16.6. The molecule has 1 saturated heterocycles. The van der Waals surface area contributed by atoms with E-state index in [1.165, 1.54) is 21.9 Å². The molecule has 3 amide bonds. The summed E-state index contributed by atoms with van der Waals surface area (Å²) < 4.78 is 18.7. The van der Waals surface area contributed by atoms with Gasteiger partial charge in [-0.25, -0.2) is 4.39 Å². The van der Waals surface area contributed by atoms with Gasteiger partial charge in [-0.3, -0.25) is 14.4 Å². The first-order valence-electron chi connectivity index (χ1n) is 11.6. The fourth-order valence-corrected chi connectivity index (χ4v) is 3.63. The van der Waals surface area contributed by atoms with E-state index in [2.05, 4.69) is 0 Å². The number of β-amino-alcohol motifs (C(OH)–C–C–N with tert-alkyl or cyclic N) is 1. The molecule has 12 heteroatoms. The van der Waals surface area contributed by atoms with Gasteiger partial charge in [0.05, 0.1) is 12.6 Å². The maximum Gasteiger partial charge on any atom is 0.254 e. The summed E-state index contributed by atoms with van der Waals surface area (Å²) in [4.78, 5) is 39.9. The van der Waals surface area contributed by atoms with E-state index in [-0.39, 0.29) is 57.2 Å². The molecule has 2 rings (SSSR count). The first-order valence-corrected chi connectivity index (χ1v) is 11.6. The van der Waals surface area contributed by atoms with Crippen molar-refractivity contribution < 1.29 is 38.8 Å². The molecule has 0 bridgehead atoms. The second kappa shape index (κ2) is 14.0. The molecular weight excluding hydrogens is 463 g/mol. The van der Waals surface area contributed by atoms with Crippen LogP contribution in [0.3, 0.4) is 0 Å². The number of carbonyl (C=O) groups is 3. The lowest BCUT2D eigenvalue weighted by Gasteiger charge is -2.32. The smallest absolute Gasteiger partial charge is 0.254 e. The van der Waals surface area contributed by atoms with Gasteiger partial charge in [-0.15, -0.1) is 0 Å². The largest absolute Gasteiger partial charge is 0.388 e. The van der Waals surface area contributed by atoms with Gasteiger partial charge < -0.3 is 41.3 Å². The van der Waals surface area contributed by atoms with E-state index < -0.39 is 42.0 Å². The van der Waals surface area contributed by atoms with E-state index in [0.717, 1.165) is 12.1 Å². The number of hydrogen-bond acceptors (Lipinski definition) is 8. The minimum atomic E-state index is -1.57. The molecule has 1 aliphatic heterocycles. The Hall–Kier alpha value is -2.64. The zero-order chi connectivity index (χ0) is 26.0. The average molecular weight is 499 g/mol. The molecule has 11 nitrogen and oxygen atoms in total. The van der Waals surface area contributed by atoms with Crippen LogP contribution in [0.15, 0.2) is 24.3 Å². The van der Waals surface area contributed by atoms with Crippen LogP contribution in [-0.4, -0.2) is 107 Å². The Bertz CT molecular complexity index is 842. The number of carbonyl (C=O) groups excluding carboxylic acids is 3. The Balaban J connectivity index is 2.21. The van der Waals surface area contributed by atoms with Gasteiger partial charge in [0.15, 0.2) is 0 Å². The molecule has 0 aromatic heterocycles. The molecule has 4 atom stereocenters. The number of rotatable bonds is 5. The van der Waals surface area contributed by atoms with Crippen molar-refractivity contribution in [3.05, 3.63) is 35.6 Å². The normalized spacial score (nSPS) is 23.9. The van der Waals surface area contributed by atoms with Crippen LogP contribution in [0.4, 0.5) is 4.39 Å². The minimum absolute atomic E-state index is 0.000196. The van der Waals surface area contributed by atoms with Crippen molar-refractivity contribution in [1.82, 2.24) is 9.80 Å². The number of primary amides is 1. The molecule has 35 heavy (non-hydrogen) atoms. The van der Waals surface area contributed by atoms with E-state index >= 15 is 0 Å². The molecule has 1 heterocycles. The highest BCUT2D eigenvalue weighted by molar-refractivity contribution is 5.94. The fourth-order valence-electron chi connectivity index (χ4n) is 3.63. The fraction of sp³-hybridized carbons (Fsp3) is 0.609. The highest BCUT2D eigenvalue weighted by Gasteiger charge is 2.29. The Kier molecular flexibility index (Phi) is 11.5. The van der Waals surface area contributed by atoms with Crippen molar-refractivity contribution in [2.45, 2.75) is 50.0 Å². The van der Waals surface area contributed by atoms with Gasteiger partial charge in [0.25, 0.3) is 5.91 Å². The third-order valence-electron chi connectivity index (χ3n) is 5.86. The lowest BCUT2D eigenvalue weighted by molar-refractivity contribution is -0.132. The van der Waals surface area contributed by atoms with E-state index in [9.17, 15) is 34.1 Å². The number of aliphatic hydroxyl groups excluding tert-OH is 3. The van der Waals surface area contributed by atoms with Gasteiger partial charge in [0, 0.05) is 44.8 Å². The molecule has 1 aromatic rings. The van der Waals surface area contributed by atoms with E-state index in [1.807, 2.05) is 0 Å². The maximum atomic E-state index is 13.3. The third-order valence-corrected chi connectivity index (χ3v) is 5.86. The van der Waals surface area contributed by atoms with Crippen molar-refractivity contribution in [2.75, 3.05) is 39.4 Å². The van der Waals surface area contributed by atoms with Crippen LogP contribution < -0.4 is 11.5 Å². The second-order valence-corrected chi connectivity index (χ2v) is 8.59. The minimum Gasteiger partial charge on any atom is -0.388 e. The van der Waals surface area contributed by atoms with Crippen molar-refractivity contribution in [3.8, 4) is 0 Å². The van der Waals surface area contributed by atoms with Crippen LogP contribution >= 0.6 is 0 Å². The molecule has 1 aliphatic rings. The summed E-state index contributed by atoms with van der Waals surface area (Å²) in [7, 11) is 0. The predicted octanol–water partition coefficient (Wildman–Crippen LogP) is -1.42. The standard InChI is InChI=1S/C23H35FN4O7/c24-16-5-3-15(4-6-16)23(34)28-11-10-27(20(31)8-7-17(25)22(26)33)9-1-2-12-35-14-19(30)21(32)18(29)13-28/h3-6,17-19,21,29-30,32H,1-2,7-14,25H2,(H2,26,33)/t17-,18-,19+,21+/m0/s1. The molecule has 196 valence electrons. The van der Waals surface area contributed by atoms with Gasteiger partial charge in [0.2, 0.25) is 11.8 Å². The third kappa shape index (κ3) is 9.15. The summed E-state index contributed by atoms with van der Waals surface area (Å²) in [6.07, 6.45) is -3.24. The zero-order valence-electron chi connectivity index (χ0n) is 19.6. The quantitative estimate of drug-likeness (QED) is 0.328. The molecule has 0 aliphatic carbocycles. The Morgan fingerprint density at radius 1 is 1.03 bits per heavy atom. The molecule has 0 saturated carbocycles. The summed E-state index contributed by atoms with van der Waals surface area (Å²) in [5, 5.41) is 30.9. The van der Waals surface area contributed by atoms with Crippen LogP contribution in [0.1, 0.15) is 36.0 Å². The molecule has 1 aromatic carbocycles. The highest BCUT2D eigenvalue weighted by Crippen LogP contribution is 2.12. The van der Waals surface area contributed by atoms with E-state index in [4.69, 9.17) is 16.2 Å². The Morgan fingerprint density at radius 3 is 2.34 bits per heavy atom. The Morgan fingerprint density at radius 2 is 1.69 bits per heavy atom. The van der Waals surface area contributed by atoms with Crippen LogP contribution in [0.2, 0.25) is 0 Å². The number of benzene rings is 1. The predicted molar refractivity (Wildman–Crippen MR) is 123 cm³/mol. The lowest BCUT2D eigenvalue weighted by atomic mass is 10.1. The summed E-state index contributed by atoms with van der Waals surface area (Å²) in [5.41, 5.74) is 10.9. The summed E-state index contributed by atoms with van der Waals surface area (Å²) in [6, 6.07) is 3.89. The number of hydrogen-bond donors (Lipinski definition) is 5. The number of amides is 3. The number of halogens is 1.